The molecule has 0 aliphatic heterocycles. The molecular weight excluding hydrogens is 282 g/mol. The zero-order valence-corrected chi connectivity index (χ0v) is 13.5. The lowest BCUT2D eigenvalue weighted by molar-refractivity contribution is 0.431. The first-order chi connectivity index (χ1) is 10.1. The normalized spacial score (nSPS) is 22.5. The van der Waals surface area contributed by atoms with E-state index in [1.54, 1.807) is 6.20 Å². The van der Waals surface area contributed by atoms with Crippen LogP contribution in [0.15, 0.2) is 36.5 Å². The highest BCUT2D eigenvalue weighted by molar-refractivity contribution is 6.31. The molecule has 0 spiro atoms. The van der Waals surface area contributed by atoms with E-state index >= 15 is 0 Å². The summed E-state index contributed by atoms with van der Waals surface area (Å²) in [6.07, 6.45) is 2.97. The summed E-state index contributed by atoms with van der Waals surface area (Å²) in [5, 5.41) is 8.66. The molecule has 1 aromatic carbocycles. The summed E-state index contributed by atoms with van der Waals surface area (Å²) in [4.78, 5) is 0. The summed E-state index contributed by atoms with van der Waals surface area (Å²) in [5.74, 6) is 1.21. The van der Waals surface area contributed by atoms with Gasteiger partial charge in [-0.3, -0.25) is 4.68 Å². The van der Waals surface area contributed by atoms with E-state index < -0.39 is 0 Å². The standard InChI is InChI=1S/C17H22ClN3/c1-11(2)21-17(15(18)10-20-21)16(19-3)14-9-13(14)12-7-5-4-6-8-12/h4-8,10-11,13-14,16,19H,9H2,1-3H3. The fourth-order valence-electron chi connectivity index (χ4n) is 3.27. The molecule has 112 valence electrons. The Bertz CT molecular complexity index is 606. The number of nitrogens with zero attached hydrogens (tertiary/aromatic N) is 2. The highest BCUT2D eigenvalue weighted by atomic mass is 35.5. The van der Waals surface area contributed by atoms with Gasteiger partial charge in [-0.25, -0.2) is 0 Å². The topological polar surface area (TPSA) is 29.9 Å². The molecule has 3 unspecified atom stereocenters. The van der Waals surface area contributed by atoms with Crippen molar-refractivity contribution in [3.63, 3.8) is 0 Å². The van der Waals surface area contributed by atoms with Gasteiger partial charge in [-0.05, 0) is 44.7 Å². The Balaban J connectivity index is 1.86. The third-order valence-corrected chi connectivity index (χ3v) is 4.67. The van der Waals surface area contributed by atoms with Crippen molar-refractivity contribution in [3.05, 3.63) is 52.8 Å². The molecule has 0 saturated heterocycles. The second-order valence-corrected chi connectivity index (χ2v) is 6.51. The maximum absolute atomic E-state index is 6.40. The van der Waals surface area contributed by atoms with E-state index in [9.17, 15) is 0 Å². The van der Waals surface area contributed by atoms with Gasteiger partial charge < -0.3 is 5.32 Å². The number of benzene rings is 1. The van der Waals surface area contributed by atoms with Gasteiger partial charge in [0.2, 0.25) is 0 Å². The lowest BCUT2D eigenvalue weighted by Crippen LogP contribution is -2.24. The van der Waals surface area contributed by atoms with Crippen LogP contribution < -0.4 is 5.32 Å². The second-order valence-electron chi connectivity index (χ2n) is 6.10. The molecule has 1 saturated carbocycles. The maximum Gasteiger partial charge on any atom is 0.0834 e. The second kappa shape index (κ2) is 5.82. The van der Waals surface area contributed by atoms with E-state index in [1.165, 1.54) is 12.0 Å². The summed E-state index contributed by atoms with van der Waals surface area (Å²) in [7, 11) is 2.01. The monoisotopic (exact) mass is 303 g/mol. The van der Waals surface area contributed by atoms with Crippen LogP contribution >= 0.6 is 11.6 Å². The molecule has 0 radical (unpaired) electrons. The minimum atomic E-state index is 0.257. The molecule has 21 heavy (non-hydrogen) atoms. The third kappa shape index (κ3) is 2.72. The van der Waals surface area contributed by atoms with Gasteiger partial charge in [0.1, 0.15) is 0 Å². The minimum Gasteiger partial charge on any atom is -0.311 e. The number of hydrogen-bond donors (Lipinski definition) is 1. The Labute approximate surface area is 131 Å². The first kappa shape index (κ1) is 14.6. The van der Waals surface area contributed by atoms with Gasteiger partial charge in [-0.2, -0.15) is 5.10 Å². The lowest BCUT2D eigenvalue weighted by Gasteiger charge is -2.21. The van der Waals surface area contributed by atoms with Crippen molar-refractivity contribution >= 4 is 11.6 Å². The van der Waals surface area contributed by atoms with E-state index in [-0.39, 0.29) is 6.04 Å². The molecule has 0 bridgehead atoms. The summed E-state index contributed by atoms with van der Waals surface area (Å²) >= 11 is 6.40. The zero-order valence-electron chi connectivity index (χ0n) is 12.8. The molecular formula is C17H22ClN3. The van der Waals surface area contributed by atoms with Crippen LogP contribution in [0, 0.1) is 5.92 Å². The van der Waals surface area contributed by atoms with Crippen molar-refractivity contribution in [2.24, 2.45) is 5.92 Å². The van der Waals surface area contributed by atoms with E-state index in [2.05, 4.69) is 54.6 Å². The molecule has 3 nitrogen and oxygen atoms in total. The molecule has 1 fully saturated rings. The summed E-state index contributed by atoms with van der Waals surface area (Å²) in [6, 6.07) is 11.3. The smallest absolute Gasteiger partial charge is 0.0834 e. The Morgan fingerprint density at radius 1 is 1.29 bits per heavy atom. The molecule has 4 heteroatoms. The van der Waals surface area contributed by atoms with E-state index in [0.717, 1.165) is 10.7 Å². The molecule has 2 aromatic rings. The summed E-state index contributed by atoms with van der Waals surface area (Å²) < 4.78 is 2.05. The fraction of sp³-hybridized carbons (Fsp3) is 0.471. The molecule has 1 aromatic heterocycles. The van der Waals surface area contributed by atoms with Gasteiger partial charge in [0.25, 0.3) is 0 Å². The number of halogens is 1. The highest BCUT2D eigenvalue weighted by Crippen LogP contribution is 2.54. The van der Waals surface area contributed by atoms with Gasteiger partial charge in [0.05, 0.1) is 23.0 Å². The fourth-order valence-corrected chi connectivity index (χ4v) is 3.52. The van der Waals surface area contributed by atoms with Crippen LogP contribution in [0.2, 0.25) is 5.02 Å². The lowest BCUT2D eigenvalue weighted by atomic mass is 10.0. The SMILES string of the molecule is CNC(c1c(Cl)cnn1C(C)C)C1CC1c1ccccc1. The van der Waals surface area contributed by atoms with Gasteiger partial charge >= 0.3 is 0 Å². The van der Waals surface area contributed by atoms with Crippen molar-refractivity contribution in [3.8, 4) is 0 Å². The molecule has 1 heterocycles. The third-order valence-electron chi connectivity index (χ3n) is 4.38. The number of aromatic nitrogens is 2. The number of nitrogens with one attached hydrogen (secondary N) is 1. The first-order valence-corrected chi connectivity index (χ1v) is 7.96. The Morgan fingerprint density at radius 3 is 2.62 bits per heavy atom. The predicted molar refractivity (Wildman–Crippen MR) is 86.7 cm³/mol. The van der Waals surface area contributed by atoms with E-state index in [4.69, 9.17) is 11.6 Å². The maximum atomic E-state index is 6.40. The van der Waals surface area contributed by atoms with Crippen molar-refractivity contribution < 1.29 is 0 Å². The van der Waals surface area contributed by atoms with Crippen molar-refractivity contribution in [2.45, 2.75) is 38.3 Å². The van der Waals surface area contributed by atoms with E-state index in [1.807, 2.05) is 11.7 Å². The van der Waals surface area contributed by atoms with Crippen LogP contribution in [0.25, 0.3) is 0 Å². The molecule has 1 aliphatic carbocycles. The molecule has 1 N–H and O–H groups in total. The Morgan fingerprint density at radius 2 is 2.00 bits per heavy atom. The highest BCUT2D eigenvalue weighted by Gasteiger charge is 2.45. The van der Waals surface area contributed by atoms with Gasteiger partial charge in [-0.1, -0.05) is 41.9 Å². The van der Waals surface area contributed by atoms with Crippen LogP contribution in [0.3, 0.4) is 0 Å². The van der Waals surface area contributed by atoms with E-state index in [0.29, 0.717) is 17.9 Å². The van der Waals surface area contributed by atoms with Gasteiger partial charge in [0.15, 0.2) is 0 Å². The summed E-state index contributed by atoms with van der Waals surface area (Å²) in [6.45, 7) is 4.28. The van der Waals surface area contributed by atoms with Crippen molar-refractivity contribution in [1.82, 2.24) is 15.1 Å². The first-order valence-electron chi connectivity index (χ1n) is 7.58. The molecule has 0 amide bonds. The van der Waals surface area contributed by atoms with Crippen molar-refractivity contribution in [2.75, 3.05) is 7.05 Å². The van der Waals surface area contributed by atoms with Gasteiger partial charge in [0, 0.05) is 6.04 Å². The summed E-state index contributed by atoms with van der Waals surface area (Å²) in [5.41, 5.74) is 2.55. The van der Waals surface area contributed by atoms with Crippen LogP contribution in [-0.4, -0.2) is 16.8 Å². The van der Waals surface area contributed by atoms with Gasteiger partial charge in [-0.15, -0.1) is 0 Å². The van der Waals surface area contributed by atoms with Crippen molar-refractivity contribution in [1.29, 1.82) is 0 Å². The average Bonchev–Trinajstić information content (AvgIpc) is 3.18. The quantitative estimate of drug-likeness (QED) is 0.898. The Hall–Kier alpha value is -1.32. The number of hydrogen-bond acceptors (Lipinski definition) is 2. The van der Waals surface area contributed by atoms with Crippen LogP contribution in [-0.2, 0) is 0 Å². The molecule has 3 rings (SSSR count). The molecule has 3 atom stereocenters. The van der Waals surface area contributed by atoms with Crippen LogP contribution in [0.5, 0.6) is 0 Å². The molecule has 1 aliphatic rings. The zero-order chi connectivity index (χ0) is 15.0. The minimum absolute atomic E-state index is 0.257. The van der Waals surface area contributed by atoms with Crippen LogP contribution in [0.4, 0.5) is 0 Å². The van der Waals surface area contributed by atoms with Crippen LogP contribution in [0.1, 0.15) is 49.5 Å². The average molecular weight is 304 g/mol. The predicted octanol–water partition coefficient (Wildman–Crippen LogP) is 4.18. The Kier molecular flexibility index (Phi) is 4.05. The number of rotatable bonds is 5. The largest absolute Gasteiger partial charge is 0.311 e.